The molecule has 0 aliphatic heterocycles. The van der Waals surface area contributed by atoms with Gasteiger partial charge < -0.3 is 4.98 Å². The molecule has 0 amide bonds. The van der Waals surface area contributed by atoms with Crippen LogP contribution in [0.15, 0.2) is 30.5 Å². The van der Waals surface area contributed by atoms with E-state index in [0.717, 1.165) is 10.9 Å². The van der Waals surface area contributed by atoms with Crippen LogP contribution in [0.5, 0.6) is 0 Å². The van der Waals surface area contributed by atoms with Gasteiger partial charge in [0.15, 0.2) is 0 Å². The zero-order valence-corrected chi connectivity index (χ0v) is 5.39. The van der Waals surface area contributed by atoms with Crippen molar-refractivity contribution >= 4 is 10.9 Å². The summed E-state index contributed by atoms with van der Waals surface area (Å²) in [5, 5.41) is 0.780. The second-order valence-corrected chi connectivity index (χ2v) is 2.25. The van der Waals surface area contributed by atoms with Crippen molar-refractivity contribution in [3.8, 4) is 0 Å². The van der Waals surface area contributed by atoms with Crippen molar-refractivity contribution in [2.75, 3.05) is 0 Å². The number of aryl methyl sites for hydroxylation is 1. The molecule has 1 aromatic carbocycles. The van der Waals surface area contributed by atoms with Crippen LogP contribution in [0.1, 0.15) is 9.68 Å². The first-order valence-corrected chi connectivity index (χ1v) is 3.15. The predicted octanol–water partition coefficient (Wildman–Crippen LogP) is 2.48. The molecule has 0 bridgehead atoms. The van der Waals surface area contributed by atoms with Crippen LogP contribution in [0.3, 0.4) is 0 Å². The molecule has 1 nitrogen and oxygen atoms in total. The van der Waals surface area contributed by atoms with E-state index in [0.29, 0.717) is 5.56 Å². The number of para-hydroxylation sites is 1. The molecule has 1 aromatic heterocycles. The highest BCUT2D eigenvalue weighted by Gasteiger charge is 1.94. The molecule has 10 heavy (non-hydrogen) atoms. The minimum Gasteiger partial charge on any atom is -0.361 e. The first kappa shape index (κ1) is 3.24. The first-order valence-electron chi connectivity index (χ1n) is 4.65. The van der Waals surface area contributed by atoms with E-state index in [9.17, 15) is 0 Å². The van der Waals surface area contributed by atoms with Crippen LogP contribution in [0.2, 0.25) is 0 Å². The van der Waals surface area contributed by atoms with E-state index < -0.39 is 6.85 Å². The smallest absolute Gasteiger partial charge is 0.0456 e. The minimum absolute atomic E-state index is 0.392. The van der Waals surface area contributed by atoms with Crippen molar-refractivity contribution in [2.24, 2.45) is 0 Å². The molecule has 2 rings (SSSR count). The second kappa shape index (κ2) is 1.87. The fourth-order valence-electron chi connectivity index (χ4n) is 1.07. The van der Waals surface area contributed by atoms with E-state index in [2.05, 4.69) is 4.98 Å². The number of benzene rings is 1. The molecular formula is C9H9N. The molecule has 0 aliphatic carbocycles. The Hall–Kier alpha value is -1.24. The van der Waals surface area contributed by atoms with Gasteiger partial charge >= 0.3 is 0 Å². The van der Waals surface area contributed by atoms with E-state index >= 15 is 0 Å². The Morgan fingerprint density at radius 2 is 2.30 bits per heavy atom. The van der Waals surface area contributed by atoms with Crippen molar-refractivity contribution in [2.45, 2.75) is 6.85 Å². The van der Waals surface area contributed by atoms with Gasteiger partial charge in [-0.25, -0.2) is 0 Å². The Labute approximate surface area is 63.9 Å². The lowest BCUT2D eigenvalue weighted by molar-refractivity contribution is 1.43. The molecule has 1 heteroatoms. The molecule has 0 atom stereocenters. The maximum atomic E-state index is 7.28. The summed E-state index contributed by atoms with van der Waals surface area (Å²) in [6.07, 6.45) is 1.55. The first-order chi connectivity index (χ1) is 6.09. The van der Waals surface area contributed by atoms with Crippen LogP contribution in [0.4, 0.5) is 0 Å². The number of nitrogens with one attached hydrogen (secondary N) is 1. The van der Waals surface area contributed by atoms with Gasteiger partial charge in [0.05, 0.1) is 0 Å². The number of rotatable bonds is 0. The van der Waals surface area contributed by atoms with Gasteiger partial charge in [0.1, 0.15) is 0 Å². The van der Waals surface area contributed by atoms with E-state index in [4.69, 9.17) is 4.11 Å². The summed E-state index contributed by atoms with van der Waals surface area (Å²) in [7, 11) is 0. The Bertz CT molecular complexity index is 428. The average molecular weight is 134 g/mol. The summed E-state index contributed by atoms with van der Waals surface area (Å²) in [5.74, 6) is 0. The molecule has 50 valence electrons. The number of hydrogen-bond acceptors (Lipinski definition) is 0. The van der Waals surface area contributed by atoms with Crippen molar-refractivity contribution in [1.29, 1.82) is 0 Å². The zero-order valence-electron chi connectivity index (χ0n) is 8.39. The van der Waals surface area contributed by atoms with Gasteiger partial charge in [0.25, 0.3) is 0 Å². The lowest BCUT2D eigenvalue weighted by atomic mass is 10.2. The topological polar surface area (TPSA) is 15.8 Å². The normalized spacial score (nSPS) is 16.2. The van der Waals surface area contributed by atoms with Crippen LogP contribution in [0.25, 0.3) is 10.9 Å². The third-order valence-corrected chi connectivity index (χ3v) is 1.59. The highest BCUT2D eigenvalue weighted by molar-refractivity contribution is 5.82. The maximum Gasteiger partial charge on any atom is 0.0456 e. The fraction of sp³-hybridized carbons (Fsp3) is 0.111. The van der Waals surface area contributed by atoms with Crippen LogP contribution in [-0.2, 0) is 0 Å². The standard InChI is InChI=1S/C9H9N/c1-7-6-10-9-5-3-2-4-8(7)9/h2-6,10H,1H3/i1D3. The van der Waals surface area contributed by atoms with Gasteiger partial charge in [-0.2, -0.15) is 0 Å². The second-order valence-electron chi connectivity index (χ2n) is 2.25. The van der Waals surface area contributed by atoms with E-state index in [1.165, 1.54) is 0 Å². The highest BCUT2D eigenvalue weighted by atomic mass is 14.7. The van der Waals surface area contributed by atoms with Gasteiger partial charge in [-0.15, -0.1) is 0 Å². The molecule has 0 fully saturated rings. The number of aromatic nitrogens is 1. The van der Waals surface area contributed by atoms with Crippen molar-refractivity contribution in [1.82, 2.24) is 4.98 Å². The van der Waals surface area contributed by atoms with Crippen LogP contribution >= 0.6 is 0 Å². The summed E-state index contributed by atoms with van der Waals surface area (Å²) in [6.45, 7) is -2.03. The molecule has 0 saturated heterocycles. The van der Waals surface area contributed by atoms with Gasteiger partial charge in [-0.05, 0) is 18.5 Å². The van der Waals surface area contributed by atoms with E-state index in [1.807, 2.05) is 24.3 Å². The molecule has 1 heterocycles. The third kappa shape index (κ3) is 0.637. The lowest BCUT2D eigenvalue weighted by Crippen LogP contribution is -1.64. The van der Waals surface area contributed by atoms with Gasteiger partial charge in [-0.1, -0.05) is 18.2 Å². The van der Waals surface area contributed by atoms with Crippen LogP contribution in [0, 0.1) is 6.85 Å². The lowest BCUT2D eigenvalue weighted by Gasteiger charge is -1.86. The van der Waals surface area contributed by atoms with Gasteiger partial charge in [0, 0.05) is 21.2 Å². The molecule has 0 aliphatic rings. The summed E-state index contributed by atoms with van der Waals surface area (Å²) < 4.78 is 21.9. The molecule has 0 spiro atoms. The van der Waals surface area contributed by atoms with Crippen LogP contribution in [-0.4, -0.2) is 4.98 Å². The summed E-state index contributed by atoms with van der Waals surface area (Å²) in [6, 6.07) is 7.39. The highest BCUT2D eigenvalue weighted by Crippen LogP contribution is 2.15. The molecular weight excluding hydrogens is 122 g/mol. The van der Waals surface area contributed by atoms with E-state index in [1.54, 1.807) is 6.20 Å². The summed E-state index contributed by atoms with van der Waals surface area (Å²) >= 11 is 0. The van der Waals surface area contributed by atoms with Gasteiger partial charge in [0.2, 0.25) is 0 Å². The summed E-state index contributed by atoms with van der Waals surface area (Å²) in [4.78, 5) is 2.93. The molecule has 0 unspecified atom stereocenters. The fourth-order valence-corrected chi connectivity index (χ4v) is 1.07. The zero-order chi connectivity index (χ0) is 9.47. The Morgan fingerprint density at radius 1 is 1.40 bits per heavy atom. The predicted molar refractivity (Wildman–Crippen MR) is 43.0 cm³/mol. The quantitative estimate of drug-likeness (QED) is 0.569. The van der Waals surface area contributed by atoms with Crippen molar-refractivity contribution in [3.05, 3.63) is 36.0 Å². The number of fused-ring (bicyclic) bond motifs is 1. The molecule has 0 radical (unpaired) electrons. The monoisotopic (exact) mass is 134 g/mol. The van der Waals surface area contributed by atoms with Gasteiger partial charge in [-0.3, -0.25) is 0 Å². The Morgan fingerprint density at radius 3 is 3.20 bits per heavy atom. The van der Waals surface area contributed by atoms with Crippen molar-refractivity contribution < 1.29 is 4.11 Å². The largest absolute Gasteiger partial charge is 0.361 e. The maximum absolute atomic E-state index is 7.28. The number of aromatic amines is 1. The summed E-state index contributed by atoms with van der Waals surface area (Å²) in [5.41, 5.74) is 1.26. The van der Waals surface area contributed by atoms with E-state index in [-0.39, 0.29) is 0 Å². The number of hydrogen-bond donors (Lipinski definition) is 1. The number of H-pyrrole nitrogens is 1. The minimum atomic E-state index is -2.03. The Balaban J connectivity index is 2.72. The third-order valence-electron chi connectivity index (χ3n) is 1.59. The average Bonchev–Trinajstić information content (AvgIpc) is 2.45. The molecule has 2 aromatic rings. The van der Waals surface area contributed by atoms with Crippen LogP contribution < -0.4 is 0 Å². The SMILES string of the molecule is [2H]C([2H])([2H])c1c[nH]c2ccccc12. The molecule has 1 N–H and O–H groups in total. The van der Waals surface area contributed by atoms with Crippen molar-refractivity contribution in [3.63, 3.8) is 0 Å². The molecule has 0 saturated carbocycles. The Kier molecular flexibility index (Phi) is 0.607.